The number of benzene rings is 1. The molecule has 6 aliphatic rings. The molecule has 50 heavy (non-hydrogen) atoms. The number of nitrogens with zero attached hydrogens (tertiary/aromatic N) is 8. The Bertz CT molecular complexity index is 1330. The fraction of sp³-hybridized carbons (Fsp3) is 0.738. The van der Waals surface area contributed by atoms with Gasteiger partial charge in [-0.1, -0.05) is 18.2 Å². The van der Waals surface area contributed by atoms with E-state index in [0.29, 0.717) is 10.8 Å². The molecule has 6 fully saturated rings. The average molecular weight is 683 g/mol. The van der Waals surface area contributed by atoms with E-state index in [9.17, 15) is 0 Å². The van der Waals surface area contributed by atoms with Gasteiger partial charge in [-0.15, -0.1) is 0 Å². The van der Waals surface area contributed by atoms with Crippen LogP contribution in [0.25, 0.3) is 0 Å². The molecule has 0 aliphatic carbocycles. The summed E-state index contributed by atoms with van der Waals surface area (Å²) in [6.07, 6.45) is 14.3. The highest BCUT2D eigenvalue weighted by atomic mass is 15.4. The highest BCUT2D eigenvalue weighted by Crippen LogP contribution is 2.42. The number of hydrogen-bond donors (Lipinski definition) is 0. The Hall–Kier alpha value is -2.23. The second kappa shape index (κ2) is 15.4. The van der Waals surface area contributed by atoms with Crippen LogP contribution in [0.4, 0.5) is 11.5 Å². The number of anilines is 2. The monoisotopic (exact) mass is 683 g/mol. The second-order valence-electron chi connectivity index (χ2n) is 17.7. The van der Waals surface area contributed by atoms with Crippen LogP contribution in [0.1, 0.15) is 62.5 Å². The van der Waals surface area contributed by atoms with Gasteiger partial charge in [0.2, 0.25) is 0 Å². The van der Waals surface area contributed by atoms with Crippen LogP contribution in [0, 0.1) is 23.7 Å². The first-order valence-corrected chi connectivity index (χ1v) is 20.5. The first-order chi connectivity index (χ1) is 24.4. The quantitative estimate of drug-likeness (QED) is 0.361. The van der Waals surface area contributed by atoms with Crippen molar-refractivity contribution in [1.29, 1.82) is 0 Å². The summed E-state index contributed by atoms with van der Waals surface area (Å²) in [7, 11) is 2.27. The molecule has 0 unspecified atom stereocenters. The predicted molar refractivity (Wildman–Crippen MR) is 207 cm³/mol. The third kappa shape index (κ3) is 8.36. The third-order valence-corrected chi connectivity index (χ3v) is 14.1. The van der Waals surface area contributed by atoms with E-state index in [1.54, 1.807) is 0 Å². The molecule has 1 aromatic carbocycles. The summed E-state index contributed by atoms with van der Waals surface area (Å²) in [5.74, 6) is 2.01. The summed E-state index contributed by atoms with van der Waals surface area (Å²) in [6, 6.07) is 14.0. The lowest BCUT2D eigenvalue weighted by atomic mass is 9.71. The molecule has 0 bridgehead atoms. The molecule has 0 atom stereocenters. The van der Waals surface area contributed by atoms with Gasteiger partial charge in [-0.25, -0.2) is 4.98 Å². The lowest BCUT2D eigenvalue weighted by molar-refractivity contribution is -0.0417. The molecule has 8 heteroatoms. The predicted octanol–water partition coefficient (Wildman–Crippen LogP) is 5.13. The van der Waals surface area contributed by atoms with E-state index in [1.165, 1.54) is 160 Å². The maximum atomic E-state index is 4.67. The summed E-state index contributed by atoms with van der Waals surface area (Å²) in [5.41, 5.74) is 5.44. The van der Waals surface area contributed by atoms with Gasteiger partial charge in [0, 0.05) is 77.3 Å². The van der Waals surface area contributed by atoms with Gasteiger partial charge < -0.3 is 24.5 Å². The molecule has 2 aromatic rings. The van der Waals surface area contributed by atoms with Crippen molar-refractivity contribution in [2.24, 2.45) is 16.7 Å². The Morgan fingerprint density at radius 1 is 0.620 bits per heavy atom. The molecule has 0 saturated carbocycles. The highest BCUT2D eigenvalue weighted by molar-refractivity contribution is 5.48. The highest BCUT2D eigenvalue weighted by Gasteiger charge is 2.43. The minimum Gasteiger partial charge on any atom is -0.369 e. The summed E-state index contributed by atoms with van der Waals surface area (Å²) in [6.45, 7) is 23.3. The smallest absolute Gasteiger partial charge is 0.128 e. The van der Waals surface area contributed by atoms with Gasteiger partial charge in [-0.3, -0.25) is 9.80 Å². The topological polar surface area (TPSA) is 35.6 Å². The van der Waals surface area contributed by atoms with Crippen molar-refractivity contribution < 1.29 is 0 Å². The molecule has 7 heterocycles. The van der Waals surface area contributed by atoms with Gasteiger partial charge in [0.05, 0.1) is 6.67 Å². The van der Waals surface area contributed by atoms with Crippen molar-refractivity contribution in [3.63, 3.8) is 0 Å². The molecule has 0 amide bonds. The minimum absolute atomic E-state index is 0.614. The van der Waals surface area contributed by atoms with Gasteiger partial charge in [0.15, 0.2) is 0 Å². The van der Waals surface area contributed by atoms with Crippen LogP contribution in [-0.2, 0) is 6.42 Å². The summed E-state index contributed by atoms with van der Waals surface area (Å²) >= 11 is 0. The zero-order valence-electron chi connectivity index (χ0n) is 31.6. The van der Waals surface area contributed by atoms with Crippen molar-refractivity contribution in [1.82, 2.24) is 29.5 Å². The van der Waals surface area contributed by atoms with E-state index in [4.69, 9.17) is 0 Å². The number of aryl methyl sites for hydroxylation is 1. The van der Waals surface area contributed by atoms with Gasteiger partial charge in [-0.05, 0) is 157 Å². The first kappa shape index (κ1) is 34.8. The number of pyridine rings is 1. The molecule has 0 radical (unpaired) electrons. The van der Waals surface area contributed by atoms with Gasteiger partial charge in [-0.2, -0.15) is 0 Å². The van der Waals surface area contributed by atoms with Crippen LogP contribution in [-0.4, -0.2) is 148 Å². The van der Waals surface area contributed by atoms with Crippen LogP contribution in [0.15, 0.2) is 42.6 Å². The average Bonchev–Trinajstić information content (AvgIpc) is 3.14. The van der Waals surface area contributed by atoms with Crippen molar-refractivity contribution in [3.05, 3.63) is 53.7 Å². The van der Waals surface area contributed by atoms with Crippen LogP contribution < -0.4 is 9.80 Å². The van der Waals surface area contributed by atoms with Crippen molar-refractivity contribution >= 4 is 11.5 Å². The van der Waals surface area contributed by atoms with E-state index in [0.717, 1.165) is 37.9 Å². The molecular weight excluding hydrogens is 617 g/mol. The Morgan fingerprint density at radius 2 is 1.22 bits per heavy atom. The lowest BCUT2D eigenvalue weighted by Crippen LogP contribution is -2.60. The van der Waals surface area contributed by atoms with E-state index < -0.39 is 0 Å². The molecule has 1 aromatic heterocycles. The van der Waals surface area contributed by atoms with Crippen LogP contribution in [0.5, 0.6) is 0 Å². The molecule has 8 nitrogen and oxygen atoms in total. The van der Waals surface area contributed by atoms with Gasteiger partial charge in [0.1, 0.15) is 5.82 Å². The maximum Gasteiger partial charge on any atom is 0.128 e. The molecule has 8 rings (SSSR count). The third-order valence-electron chi connectivity index (χ3n) is 14.1. The molecular formula is C42H66N8. The minimum atomic E-state index is 0.614. The number of aromatic nitrogens is 1. The zero-order chi connectivity index (χ0) is 34.0. The number of piperidine rings is 4. The maximum absolute atomic E-state index is 4.67. The number of piperazine rings is 1. The van der Waals surface area contributed by atoms with E-state index in [-0.39, 0.29) is 0 Å². The Labute approximate surface area is 303 Å². The van der Waals surface area contributed by atoms with E-state index >= 15 is 0 Å². The Morgan fingerprint density at radius 3 is 1.84 bits per heavy atom. The fourth-order valence-electron chi connectivity index (χ4n) is 10.5. The first-order valence-electron chi connectivity index (χ1n) is 20.5. The summed E-state index contributed by atoms with van der Waals surface area (Å²) < 4.78 is 0. The molecule has 6 aliphatic heterocycles. The van der Waals surface area contributed by atoms with Crippen LogP contribution >= 0.6 is 0 Å². The van der Waals surface area contributed by atoms with Crippen molar-refractivity contribution in [2.45, 2.75) is 64.7 Å². The second-order valence-corrected chi connectivity index (χ2v) is 17.7. The standard InChI is InChI=1S/C42H66N8/c1-36-3-8-40(43-31-36)50-19-10-38(11-20-50)32-46-23-14-41(15-24-46)12-21-45(22-13-41)18-9-37-4-6-39(7-5-37)49-29-27-48(28-30-49)35-47-25-16-42(17-26-47)33-44(2)34-42/h3-8,31,38H,9-30,32-35H2,1-2H3. The van der Waals surface area contributed by atoms with Gasteiger partial charge >= 0.3 is 0 Å². The SMILES string of the molecule is Cc1ccc(N2CCC(CN3CCC4(CCN(CCc5ccc(N6CCN(CN7CCC8(CC7)CN(C)C8)CC6)cc5)CC4)CC3)CC2)nc1. The van der Waals surface area contributed by atoms with E-state index in [1.807, 2.05) is 6.20 Å². The lowest BCUT2D eigenvalue weighted by Gasteiger charge is -2.53. The normalized spacial score (nSPS) is 26.1. The molecule has 6 saturated heterocycles. The molecule has 2 spiro atoms. The van der Waals surface area contributed by atoms with Crippen LogP contribution in [0.3, 0.4) is 0 Å². The number of rotatable bonds is 9. The van der Waals surface area contributed by atoms with Gasteiger partial charge in [0.25, 0.3) is 0 Å². The largest absolute Gasteiger partial charge is 0.369 e. The van der Waals surface area contributed by atoms with E-state index in [2.05, 4.69) is 89.7 Å². The van der Waals surface area contributed by atoms with Crippen molar-refractivity contribution in [3.8, 4) is 0 Å². The summed E-state index contributed by atoms with van der Waals surface area (Å²) in [4.78, 5) is 23.2. The fourth-order valence-corrected chi connectivity index (χ4v) is 10.5. The Kier molecular flexibility index (Phi) is 10.7. The number of likely N-dealkylation sites (tertiary alicyclic amines) is 4. The van der Waals surface area contributed by atoms with Crippen LogP contribution in [0.2, 0.25) is 0 Å². The molecule has 274 valence electrons. The molecule has 0 N–H and O–H groups in total. The van der Waals surface area contributed by atoms with Crippen molar-refractivity contribution in [2.75, 3.05) is 128 Å². The Balaban J connectivity index is 0.696. The zero-order valence-corrected chi connectivity index (χ0v) is 31.6. The number of hydrogen-bond acceptors (Lipinski definition) is 8. The summed E-state index contributed by atoms with van der Waals surface area (Å²) in [5, 5.41) is 0.